The van der Waals surface area contributed by atoms with E-state index in [4.69, 9.17) is 10.1 Å². The second kappa shape index (κ2) is 5.43. The molecule has 6 heteroatoms. The molecule has 2 N–H and O–H groups in total. The van der Waals surface area contributed by atoms with Crippen LogP contribution in [-0.2, 0) is 0 Å². The molecule has 1 heterocycles. The van der Waals surface area contributed by atoms with Crippen molar-refractivity contribution in [2.24, 2.45) is 0 Å². The van der Waals surface area contributed by atoms with Crippen LogP contribution >= 0.6 is 0 Å². The molecule has 0 aliphatic heterocycles. The first kappa shape index (κ1) is 12.9. The number of benzene rings is 1. The SMILES string of the molecule is COc1cnccc1C(=N)Nc1ccc(F)c(F)c1. The predicted octanol–water partition coefficient (Wildman–Crippen LogP) is 2.81. The van der Waals surface area contributed by atoms with E-state index in [1.54, 1.807) is 6.07 Å². The van der Waals surface area contributed by atoms with E-state index in [2.05, 4.69) is 10.3 Å². The molecule has 0 amide bonds. The Morgan fingerprint density at radius 3 is 2.74 bits per heavy atom. The first-order valence-electron chi connectivity index (χ1n) is 5.41. The maximum absolute atomic E-state index is 13.1. The van der Waals surface area contributed by atoms with Gasteiger partial charge in [0.2, 0.25) is 0 Å². The maximum Gasteiger partial charge on any atom is 0.160 e. The monoisotopic (exact) mass is 263 g/mol. The lowest BCUT2D eigenvalue weighted by Gasteiger charge is -2.11. The van der Waals surface area contributed by atoms with Crippen molar-refractivity contribution in [2.45, 2.75) is 0 Å². The van der Waals surface area contributed by atoms with E-state index < -0.39 is 11.6 Å². The fourth-order valence-corrected chi connectivity index (χ4v) is 1.53. The Kier molecular flexibility index (Phi) is 3.70. The highest BCUT2D eigenvalue weighted by molar-refractivity contribution is 6.07. The quantitative estimate of drug-likeness (QED) is 0.661. The molecule has 1 aromatic carbocycles. The van der Waals surface area contributed by atoms with Gasteiger partial charge in [0.1, 0.15) is 11.6 Å². The summed E-state index contributed by atoms with van der Waals surface area (Å²) in [7, 11) is 1.46. The van der Waals surface area contributed by atoms with Crippen molar-refractivity contribution < 1.29 is 13.5 Å². The van der Waals surface area contributed by atoms with Crippen molar-refractivity contribution in [2.75, 3.05) is 12.4 Å². The molecule has 0 bridgehead atoms. The molecule has 0 aliphatic carbocycles. The third-order valence-electron chi connectivity index (χ3n) is 2.46. The zero-order valence-electron chi connectivity index (χ0n) is 10.1. The molecule has 2 rings (SSSR count). The highest BCUT2D eigenvalue weighted by Gasteiger charge is 2.10. The maximum atomic E-state index is 13.1. The summed E-state index contributed by atoms with van der Waals surface area (Å²) in [4.78, 5) is 3.87. The van der Waals surface area contributed by atoms with Gasteiger partial charge in [0.05, 0.1) is 18.9 Å². The number of nitrogens with zero attached hydrogens (tertiary/aromatic N) is 1. The zero-order valence-corrected chi connectivity index (χ0v) is 10.1. The minimum Gasteiger partial charge on any atom is -0.494 e. The molecular weight excluding hydrogens is 252 g/mol. The fourth-order valence-electron chi connectivity index (χ4n) is 1.53. The molecular formula is C13H11F2N3O. The average Bonchev–Trinajstić information content (AvgIpc) is 2.43. The van der Waals surface area contributed by atoms with Crippen molar-refractivity contribution >= 4 is 11.5 Å². The third kappa shape index (κ3) is 2.85. The first-order valence-corrected chi connectivity index (χ1v) is 5.41. The molecule has 0 fully saturated rings. The van der Waals surface area contributed by atoms with Crippen LogP contribution in [0.15, 0.2) is 36.7 Å². The molecule has 0 saturated carbocycles. The van der Waals surface area contributed by atoms with Crippen LogP contribution in [0, 0.1) is 17.0 Å². The number of aromatic nitrogens is 1. The minimum absolute atomic E-state index is 0.00487. The summed E-state index contributed by atoms with van der Waals surface area (Å²) in [6.07, 6.45) is 2.98. The van der Waals surface area contributed by atoms with Crippen LogP contribution in [0.25, 0.3) is 0 Å². The van der Waals surface area contributed by atoms with Gasteiger partial charge in [-0.1, -0.05) is 0 Å². The molecule has 0 spiro atoms. The number of nitrogens with one attached hydrogen (secondary N) is 2. The van der Waals surface area contributed by atoms with Crippen LogP contribution in [0.2, 0.25) is 0 Å². The number of hydrogen-bond acceptors (Lipinski definition) is 3. The van der Waals surface area contributed by atoms with E-state index in [1.807, 2.05) is 0 Å². The number of methoxy groups -OCH3 is 1. The fraction of sp³-hybridized carbons (Fsp3) is 0.0769. The summed E-state index contributed by atoms with van der Waals surface area (Å²) in [5.41, 5.74) is 0.755. The van der Waals surface area contributed by atoms with Gasteiger partial charge < -0.3 is 10.1 Å². The molecule has 2 aromatic rings. The Bertz CT molecular complexity index is 617. The van der Waals surface area contributed by atoms with Crippen LogP contribution in [0.5, 0.6) is 5.75 Å². The van der Waals surface area contributed by atoms with E-state index >= 15 is 0 Å². The number of anilines is 1. The predicted molar refractivity (Wildman–Crippen MR) is 67.6 cm³/mol. The number of hydrogen-bond donors (Lipinski definition) is 2. The van der Waals surface area contributed by atoms with E-state index in [1.165, 1.54) is 25.6 Å². The Morgan fingerprint density at radius 1 is 1.26 bits per heavy atom. The Balaban J connectivity index is 2.23. The number of rotatable bonds is 3. The first-order chi connectivity index (χ1) is 9.11. The smallest absolute Gasteiger partial charge is 0.160 e. The van der Waals surface area contributed by atoms with E-state index in [9.17, 15) is 8.78 Å². The Morgan fingerprint density at radius 2 is 2.05 bits per heavy atom. The average molecular weight is 263 g/mol. The van der Waals surface area contributed by atoms with Gasteiger partial charge in [0.15, 0.2) is 11.6 Å². The van der Waals surface area contributed by atoms with Crippen molar-refractivity contribution in [3.63, 3.8) is 0 Å². The van der Waals surface area contributed by atoms with Crippen LogP contribution < -0.4 is 10.1 Å². The van der Waals surface area contributed by atoms with Gasteiger partial charge in [0.25, 0.3) is 0 Å². The van der Waals surface area contributed by atoms with Crippen molar-refractivity contribution in [3.8, 4) is 5.75 Å². The highest BCUT2D eigenvalue weighted by Crippen LogP contribution is 2.19. The van der Waals surface area contributed by atoms with E-state index in [-0.39, 0.29) is 11.5 Å². The van der Waals surface area contributed by atoms with Crippen LogP contribution in [-0.4, -0.2) is 17.9 Å². The van der Waals surface area contributed by atoms with Gasteiger partial charge in [-0.15, -0.1) is 0 Å². The summed E-state index contributed by atoms with van der Waals surface area (Å²) in [6.45, 7) is 0. The summed E-state index contributed by atoms with van der Waals surface area (Å²) in [6, 6.07) is 4.92. The van der Waals surface area contributed by atoms with Crippen LogP contribution in [0.1, 0.15) is 5.56 Å². The molecule has 1 aromatic heterocycles. The second-order valence-corrected chi connectivity index (χ2v) is 3.70. The van der Waals surface area contributed by atoms with Crippen molar-refractivity contribution in [1.29, 1.82) is 5.41 Å². The Labute approximate surface area is 108 Å². The molecule has 0 radical (unpaired) electrons. The molecule has 4 nitrogen and oxygen atoms in total. The van der Waals surface area contributed by atoms with Crippen LogP contribution in [0.4, 0.5) is 14.5 Å². The third-order valence-corrected chi connectivity index (χ3v) is 2.46. The summed E-state index contributed by atoms with van der Waals surface area (Å²) < 4.78 is 30.9. The molecule has 19 heavy (non-hydrogen) atoms. The van der Waals surface area contributed by atoms with Gasteiger partial charge in [-0.25, -0.2) is 8.78 Å². The lowest BCUT2D eigenvalue weighted by Crippen LogP contribution is -2.13. The largest absolute Gasteiger partial charge is 0.494 e. The number of halogens is 2. The molecule has 0 unspecified atom stereocenters. The minimum atomic E-state index is -0.973. The summed E-state index contributed by atoms with van der Waals surface area (Å²) >= 11 is 0. The van der Waals surface area contributed by atoms with Crippen molar-refractivity contribution in [1.82, 2.24) is 4.98 Å². The number of ether oxygens (including phenoxy) is 1. The lowest BCUT2D eigenvalue weighted by atomic mass is 10.2. The summed E-state index contributed by atoms with van der Waals surface area (Å²) in [5, 5.41) is 10.6. The molecule has 0 aliphatic rings. The van der Waals surface area contributed by atoms with Gasteiger partial charge in [-0.2, -0.15) is 0 Å². The second-order valence-electron chi connectivity index (χ2n) is 3.70. The standard InChI is InChI=1S/C13H11F2N3O/c1-19-12-7-17-5-4-9(12)13(16)18-8-2-3-10(14)11(15)6-8/h2-7H,1H3,(H2,16,18). The molecule has 98 valence electrons. The molecule has 0 atom stereocenters. The van der Waals surface area contributed by atoms with Gasteiger partial charge in [-0.3, -0.25) is 10.4 Å². The summed E-state index contributed by atoms with van der Waals surface area (Å²) in [5.74, 6) is -1.48. The molecule has 0 saturated heterocycles. The normalized spacial score (nSPS) is 10.1. The van der Waals surface area contributed by atoms with Crippen LogP contribution in [0.3, 0.4) is 0 Å². The van der Waals surface area contributed by atoms with Gasteiger partial charge in [-0.05, 0) is 18.2 Å². The Hall–Kier alpha value is -2.50. The van der Waals surface area contributed by atoms with Crippen molar-refractivity contribution in [3.05, 3.63) is 53.9 Å². The number of amidine groups is 1. The number of pyridine rings is 1. The lowest BCUT2D eigenvalue weighted by molar-refractivity contribution is 0.412. The van der Waals surface area contributed by atoms with Gasteiger partial charge in [0, 0.05) is 18.0 Å². The topological polar surface area (TPSA) is 58.0 Å². The van der Waals surface area contributed by atoms with E-state index in [0.29, 0.717) is 11.3 Å². The zero-order chi connectivity index (χ0) is 13.8. The van der Waals surface area contributed by atoms with Gasteiger partial charge >= 0.3 is 0 Å². The highest BCUT2D eigenvalue weighted by atomic mass is 19.2. The van der Waals surface area contributed by atoms with E-state index in [0.717, 1.165) is 12.1 Å².